The summed E-state index contributed by atoms with van der Waals surface area (Å²) in [6.45, 7) is 2.15. The Hall–Kier alpha value is -2.56. The van der Waals surface area contributed by atoms with Crippen LogP contribution in [0.3, 0.4) is 0 Å². The first-order valence-electron chi connectivity index (χ1n) is 7.69. The second-order valence-corrected chi connectivity index (χ2v) is 6.10. The van der Waals surface area contributed by atoms with E-state index in [0.717, 1.165) is 24.8 Å². The third-order valence-electron chi connectivity index (χ3n) is 4.53. The van der Waals surface area contributed by atoms with Crippen LogP contribution in [0, 0.1) is 0 Å². The molecule has 1 unspecified atom stereocenters. The molecule has 0 aliphatic heterocycles. The van der Waals surface area contributed by atoms with Crippen LogP contribution in [0.4, 0.5) is 0 Å². The van der Waals surface area contributed by atoms with Gasteiger partial charge in [0.05, 0.1) is 12.0 Å². The van der Waals surface area contributed by atoms with Crippen LogP contribution in [0.1, 0.15) is 47.2 Å². The van der Waals surface area contributed by atoms with Crippen molar-refractivity contribution in [2.75, 3.05) is 0 Å². The van der Waals surface area contributed by atoms with E-state index in [-0.39, 0.29) is 18.2 Å². The molecule has 0 radical (unpaired) electrons. The lowest BCUT2D eigenvalue weighted by molar-refractivity contribution is -0.127. The zero-order valence-electron chi connectivity index (χ0n) is 13.0. The molecule has 5 heteroatoms. The SMILES string of the molecule is CC1(C(=O)NCc2ccc(C(=O)O)o2)CCCc2ccccc21. The van der Waals surface area contributed by atoms with E-state index >= 15 is 0 Å². The van der Waals surface area contributed by atoms with Gasteiger partial charge in [-0.3, -0.25) is 4.79 Å². The Balaban J connectivity index is 1.74. The average Bonchev–Trinajstić information content (AvgIpc) is 3.02. The molecule has 0 fully saturated rings. The van der Waals surface area contributed by atoms with Crippen molar-refractivity contribution in [1.29, 1.82) is 0 Å². The topological polar surface area (TPSA) is 79.5 Å². The van der Waals surface area contributed by atoms with E-state index < -0.39 is 11.4 Å². The van der Waals surface area contributed by atoms with Crippen molar-refractivity contribution in [1.82, 2.24) is 5.32 Å². The van der Waals surface area contributed by atoms with Gasteiger partial charge in [-0.15, -0.1) is 0 Å². The summed E-state index contributed by atoms with van der Waals surface area (Å²) in [6.07, 6.45) is 2.78. The summed E-state index contributed by atoms with van der Waals surface area (Å²) in [7, 11) is 0. The van der Waals surface area contributed by atoms with Crippen molar-refractivity contribution in [3.63, 3.8) is 0 Å². The molecule has 5 nitrogen and oxygen atoms in total. The lowest BCUT2D eigenvalue weighted by atomic mass is 9.70. The van der Waals surface area contributed by atoms with E-state index in [1.54, 1.807) is 6.07 Å². The van der Waals surface area contributed by atoms with E-state index in [1.165, 1.54) is 11.6 Å². The molecule has 120 valence electrons. The van der Waals surface area contributed by atoms with Crippen LogP contribution < -0.4 is 5.32 Å². The van der Waals surface area contributed by atoms with Gasteiger partial charge < -0.3 is 14.8 Å². The number of hydrogen-bond donors (Lipinski definition) is 2. The quantitative estimate of drug-likeness (QED) is 0.909. The van der Waals surface area contributed by atoms with Gasteiger partial charge in [-0.25, -0.2) is 4.79 Å². The van der Waals surface area contributed by atoms with Gasteiger partial charge in [0.1, 0.15) is 5.76 Å². The fraction of sp³-hybridized carbons (Fsp3) is 0.333. The summed E-state index contributed by atoms with van der Waals surface area (Å²) in [6, 6.07) is 11.0. The number of carbonyl (C=O) groups excluding carboxylic acids is 1. The zero-order chi connectivity index (χ0) is 16.4. The Bertz CT molecular complexity index is 749. The average molecular weight is 313 g/mol. The van der Waals surface area contributed by atoms with Gasteiger partial charge in [-0.2, -0.15) is 0 Å². The lowest BCUT2D eigenvalue weighted by Crippen LogP contribution is -2.44. The number of amides is 1. The third kappa shape index (κ3) is 2.86. The smallest absolute Gasteiger partial charge is 0.371 e. The Labute approximate surface area is 134 Å². The first-order chi connectivity index (χ1) is 11.0. The lowest BCUT2D eigenvalue weighted by Gasteiger charge is -2.34. The molecular weight excluding hydrogens is 294 g/mol. The Morgan fingerprint density at radius 3 is 2.78 bits per heavy atom. The van der Waals surface area contributed by atoms with Gasteiger partial charge in [0, 0.05) is 0 Å². The maximum absolute atomic E-state index is 12.7. The molecule has 2 N–H and O–H groups in total. The molecule has 1 aromatic heterocycles. The number of carbonyl (C=O) groups is 2. The molecule has 0 bridgehead atoms. The van der Waals surface area contributed by atoms with E-state index in [2.05, 4.69) is 11.4 Å². The fourth-order valence-corrected chi connectivity index (χ4v) is 3.23. The highest BCUT2D eigenvalue weighted by Gasteiger charge is 2.38. The van der Waals surface area contributed by atoms with Crippen molar-refractivity contribution in [3.8, 4) is 0 Å². The van der Waals surface area contributed by atoms with E-state index in [4.69, 9.17) is 9.52 Å². The van der Waals surface area contributed by atoms with E-state index in [9.17, 15) is 9.59 Å². The molecule has 0 spiro atoms. The van der Waals surface area contributed by atoms with Crippen molar-refractivity contribution in [2.24, 2.45) is 0 Å². The Morgan fingerprint density at radius 2 is 2.04 bits per heavy atom. The normalized spacial score (nSPS) is 19.9. The number of carboxylic acid groups (broad SMARTS) is 1. The highest BCUT2D eigenvalue weighted by molar-refractivity contribution is 5.88. The third-order valence-corrected chi connectivity index (χ3v) is 4.53. The van der Waals surface area contributed by atoms with Gasteiger partial charge >= 0.3 is 5.97 Å². The number of nitrogens with one attached hydrogen (secondary N) is 1. The molecule has 1 atom stereocenters. The Morgan fingerprint density at radius 1 is 1.26 bits per heavy atom. The molecule has 1 aliphatic rings. The maximum Gasteiger partial charge on any atom is 0.371 e. The standard InChI is InChI=1S/C18H19NO4/c1-18(10-4-6-12-5-2-3-7-14(12)18)17(22)19-11-13-8-9-15(23-13)16(20)21/h2-3,5,7-9H,4,6,10-11H2,1H3,(H,19,22)(H,20,21). The van der Waals surface area contributed by atoms with E-state index in [1.807, 2.05) is 25.1 Å². The minimum Gasteiger partial charge on any atom is -0.475 e. The number of benzene rings is 1. The second-order valence-electron chi connectivity index (χ2n) is 6.10. The molecular formula is C18H19NO4. The van der Waals surface area contributed by atoms with Crippen LogP contribution in [0.15, 0.2) is 40.8 Å². The summed E-state index contributed by atoms with van der Waals surface area (Å²) in [5.41, 5.74) is 1.74. The second kappa shape index (κ2) is 5.91. The predicted octanol–water partition coefficient (Wildman–Crippen LogP) is 2.89. The monoisotopic (exact) mass is 313 g/mol. The maximum atomic E-state index is 12.7. The molecule has 3 rings (SSSR count). The highest BCUT2D eigenvalue weighted by atomic mass is 16.4. The van der Waals surface area contributed by atoms with Crippen LogP contribution >= 0.6 is 0 Å². The molecule has 2 aromatic rings. The highest BCUT2D eigenvalue weighted by Crippen LogP contribution is 2.37. The first kappa shape index (κ1) is 15.3. The number of aromatic carboxylic acids is 1. The van der Waals surface area contributed by atoms with Gasteiger partial charge in [-0.05, 0) is 49.4 Å². The summed E-state index contributed by atoms with van der Waals surface area (Å²) < 4.78 is 5.17. The van der Waals surface area contributed by atoms with Gasteiger partial charge in [0.2, 0.25) is 11.7 Å². The largest absolute Gasteiger partial charge is 0.475 e. The summed E-state index contributed by atoms with van der Waals surface area (Å²) in [5.74, 6) is -0.861. The van der Waals surface area contributed by atoms with Gasteiger partial charge in [0.15, 0.2) is 0 Å². The van der Waals surface area contributed by atoms with Crippen molar-refractivity contribution < 1.29 is 19.1 Å². The summed E-state index contributed by atoms with van der Waals surface area (Å²) >= 11 is 0. The molecule has 0 saturated carbocycles. The van der Waals surface area contributed by atoms with Crippen LogP contribution in [0.25, 0.3) is 0 Å². The molecule has 1 aromatic carbocycles. The minimum absolute atomic E-state index is 0.0575. The predicted molar refractivity (Wildman–Crippen MR) is 84.2 cm³/mol. The van der Waals surface area contributed by atoms with Gasteiger partial charge in [-0.1, -0.05) is 24.3 Å². The van der Waals surface area contributed by atoms with Crippen molar-refractivity contribution >= 4 is 11.9 Å². The van der Waals surface area contributed by atoms with E-state index in [0.29, 0.717) is 5.76 Å². The molecule has 23 heavy (non-hydrogen) atoms. The molecule has 1 heterocycles. The number of aryl methyl sites for hydroxylation is 1. The molecule has 1 amide bonds. The van der Waals surface area contributed by atoms with Crippen LogP contribution in [-0.2, 0) is 23.2 Å². The Kier molecular flexibility index (Phi) is 3.94. The van der Waals surface area contributed by atoms with Crippen LogP contribution in [0.2, 0.25) is 0 Å². The summed E-state index contributed by atoms with van der Waals surface area (Å²) in [5, 5.41) is 11.7. The molecule has 1 aliphatic carbocycles. The summed E-state index contributed by atoms with van der Waals surface area (Å²) in [4.78, 5) is 23.5. The minimum atomic E-state index is -1.12. The van der Waals surface area contributed by atoms with Crippen molar-refractivity contribution in [2.45, 2.75) is 38.1 Å². The number of rotatable bonds is 4. The fourth-order valence-electron chi connectivity index (χ4n) is 3.23. The van der Waals surface area contributed by atoms with Crippen molar-refractivity contribution in [3.05, 3.63) is 59.0 Å². The van der Waals surface area contributed by atoms with Gasteiger partial charge in [0.25, 0.3) is 0 Å². The van der Waals surface area contributed by atoms with Crippen LogP contribution in [0.5, 0.6) is 0 Å². The van der Waals surface area contributed by atoms with Crippen LogP contribution in [-0.4, -0.2) is 17.0 Å². The number of carboxylic acids is 1. The number of hydrogen-bond acceptors (Lipinski definition) is 3. The molecule has 0 saturated heterocycles. The zero-order valence-corrected chi connectivity index (χ0v) is 13.0. The first-order valence-corrected chi connectivity index (χ1v) is 7.69. The number of furan rings is 1. The number of fused-ring (bicyclic) bond motifs is 1.